The molecular weight excluding hydrogens is 463 g/mol. The van der Waals surface area contributed by atoms with E-state index in [0.717, 1.165) is 53.3 Å². The predicted molar refractivity (Wildman–Crippen MR) is 150 cm³/mol. The Morgan fingerprint density at radius 2 is 1.76 bits per heavy atom. The first-order valence-corrected chi connectivity index (χ1v) is 13.0. The van der Waals surface area contributed by atoms with E-state index in [0.29, 0.717) is 22.8 Å². The van der Waals surface area contributed by atoms with Gasteiger partial charge < -0.3 is 10.6 Å². The summed E-state index contributed by atoms with van der Waals surface area (Å²) in [6.07, 6.45) is 1.83. The highest BCUT2D eigenvalue weighted by Crippen LogP contribution is 2.35. The molecule has 4 aromatic rings. The summed E-state index contributed by atoms with van der Waals surface area (Å²) in [5, 5.41) is 6.73. The second-order valence-corrected chi connectivity index (χ2v) is 10.2. The summed E-state index contributed by atoms with van der Waals surface area (Å²) in [5.74, 6) is 1.40. The van der Waals surface area contributed by atoms with Crippen LogP contribution in [0.1, 0.15) is 49.0 Å². The van der Waals surface area contributed by atoms with Crippen molar-refractivity contribution < 1.29 is 4.39 Å². The Balaban J connectivity index is 1.53. The first kappa shape index (κ1) is 25.1. The van der Waals surface area contributed by atoms with Crippen LogP contribution in [0.5, 0.6) is 0 Å². The Bertz CT molecular complexity index is 1430. The van der Waals surface area contributed by atoms with Crippen molar-refractivity contribution in [2.75, 3.05) is 30.8 Å². The molecule has 3 heterocycles. The molecule has 192 valence electrons. The largest absolute Gasteiger partial charge is 0.388 e. The molecule has 2 unspecified atom stereocenters. The number of hydrogen-bond donors (Lipinski definition) is 2. The monoisotopic (exact) mass is 498 g/mol. The van der Waals surface area contributed by atoms with Gasteiger partial charge in [0.15, 0.2) is 17.8 Å². The summed E-state index contributed by atoms with van der Waals surface area (Å²) in [6, 6.07) is 14.5. The number of pyridine rings is 1. The number of nitrogens with one attached hydrogen (secondary N) is 2. The van der Waals surface area contributed by atoms with Crippen LogP contribution < -0.4 is 10.6 Å². The zero-order valence-electron chi connectivity index (χ0n) is 22.3. The first-order chi connectivity index (χ1) is 17.8. The number of nitrogens with zero attached hydrogens (tertiary/aromatic N) is 4. The van der Waals surface area contributed by atoms with Gasteiger partial charge in [0.2, 0.25) is 0 Å². The number of likely N-dealkylation sites (tertiary alicyclic amines) is 1. The lowest BCUT2D eigenvalue weighted by molar-refractivity contribution is 0.320. The third-order valence-electron chi connectivity index (χ3n) is 7.36. The van der Waals surface area contributed by atoms with Crippen LogP contribution in [0.3, 0.4) is 0 Å². The van der Waals surface area contributed by atoms with Crippen molar-refractivity contribution in [1.29, 1.82) is 0 Å². The number of alkyl halides is 1. The summed E-state index contributed by atoms with van der Waals surface area (Å²) in [6.45, 7) is 11.0. The van der Waals surface area contributed by atoms with Gasteiger partial charge in [-0.2, -0.15) is 0 Å². The molecule has 0 amide bonds. The molecule has 2 N–H and O–H groups in total. The molecule has 0 bridgehead atoms. The summed E-state index contributed by atoms with van der Waals surface area (Å²) in [5.41, 5.74) is 8.96. The van der Waals surface area contributed by atoms with Gasteiger partial charge in [0.05, 0.1) is 5.52 Å². The second-order valence-electron chi connectivity index (χ2n) is 10.2. The molecule has 2 atom stereocenters. The highest BCUT2D eigenvalue weighted by molar-refractivity contribution is 5.89. The Morgan fingerprint density at radius 3 is 2.41 bits per heavy atom. The minimum Gasteiger partial charge on any atom is -0.388 e. The summed E-state index contributed by atoms with van der Waals surface area (Å²) in [7, 11) is 1.94. The van der Waals surface area contributed by atoms with E-state index in [1.54, 1.807) is 0 Å². The molecule has 1 aliphatic rings. The summed E-state index contributed by atoms with van der Waals surface area (Å²) in [4.78, 5) is 16.3. The van der Waals surface area contributed by atoms with Gasteiger partial charge in [0.25, 0.3) is 0 Å². The molecule has 2 aromatic carbocycles. The number of halogens is 1. The van der Waals surface area contributed by atoms with Gasteiger partial charge in [-0.05, 0) is 85.7 Å². The molecule has 5 rings (SSSR count). The molecule has 0 spiro atoms. The van der Waals surface area contributed by atoms with E-state index in [4.69, 9.17) is 4.98 Å². The molecule has 37 heavy (non-hydrogen) atoms. The fourth-order valence-corrected chi connectivity index (χ4v) is 5.25. The topological polar surface area (TPSA) is 66.0 Å². The van der Waals surface area contributed by atoms with Crippen molar-refractivity contribution in [2.45, 2.75) is 46.8 Å². The molecule has 0 radical (unpaired) electrons. The summed E-state index contributed by atoms with van der Waals surface area (Å²) < 4.78 is 14.4. The SMILES string of the molecule is CNc1cccc(-c2cccc(Nc3nc(C(C)F)nc4cc(CN5CCC(C)C5)cnc34)c2C)c1C. The van der Waals surface area contributed by atoms with Crippen LogP contribution in [-0.4, -0.2) is 40.0 Å². The summed E-state index contributed by atoms with van der Waals surface area (Å²) >= 11 is 0. The van der Waals surface area contributed by atoms with Gasteiger partial charge in [-0.3, -0.25) is 9.88 Å². The lowest BCUT2D eigenvalue weighted by atomic mass is 9.94. The van der Waals surface area contributed by atoms with Gasteiger partial charge in [-0.1, -0.05) is 31.2 Å². The molecule has 1 fully saturated rings. The second kappa shape index (κ2) is 10.4. The van der Waals surface area contributed by atoms with Gasteiger partial charge in [0.1, 0.15) is 5.52 Å². The van der Waals surface area contributed by atoms with Crippen molar-refractivity contribution in [3.63, 3.8) is 0 Å². The molecule has 7 heteroatoms. The van der Waals surface area contributed by atoms with Crippen LogP contribution in [-0.2, 0) is 6.54 Å². The van der Waals surface area contributed by atoms with E-state index in [2.05, 4.69) is 70.5 Å². The molecule has 2 aromatic heterocycles. The number of fused-ring (bicyclic) bond motifs is 1. The van der Waals surface area contributed by atoms with Crippen molar-refractivity contribution in [3.05, 3.63) is 71.2 Å². The maximum absolute atomic E-state index is 14.4. The smallest absolute Gasteiger partial charge is 0.165 e. The molecule has 6 nitrogen and oxygen atoms in total. The van der Waals surface area contributed by atoms with Crippen LogP contribution in [0.4, 0.5) is 21.6 Å². The Morgan fingerprint density at radius 1 is 1.05 bits per heavy atom. The quantitative estimate of drug-likeness (QED) is 0.287. The van der Waals surface area contributed by atoms with Crippen LogP contribution in [0.25, 0.3) is 22.2 Å². The van der Waals surface area contributed by atoms with Gasteiger partial charge in [0, 0.05) is 37.7 Å². The van der Waals surface area contributed by atoms with E-state index in [9.17, 15) is 4.39 Å². The fourth-order valence-electron chi connectivity index (χ4n) is 5.25. The third kappa shape index (κ3) is 5.14. The van der Waals surface area contributed by atoms with E-state index in [1.165, 1.54) is 18.9 Å². The lowest BCUT2D eigenvalue weighted by Crippen LogP contribution is -2.19. The normalized spacial score (nSPS) is 16.8. The number of benzene rings is 2. The molecule has 1 saturated heterocycles. The third-order valence-corrected chi connectivity index (χ3v) is 7.36. The Labute approximate surface area is 218 Å². The zero-order chi connectivity index (χ0) is 26.1. The lowest BCUT2D eigenvalue weighted by Gasteiger charge is -2.18. The van der Waals surface area contributed by atoms with Crippen LogP contribution in [0.15, 0.2) is 48.7 Å². The van der Waals surface area contributed by atoms with E-state index in [1.807, 2.05) is 31.4 Å². The van der Waals surface area contributed by atoms with Crippen LogP contribution in [0.2, 0.25) is 0 Å². The average Bonchev–Trinajstić information content (AvgIpc) is 3.29. The molecule has 1 aliphatic heterocycles. The minimum absolute atomic E-state index is 0.162. The Kier molecular flexibility index (Phi) is 7.07. The van der Waals surface area contributed by atoms with Gasteiger partial charge in [-0.25, -0.2) is 14.4 Å². The number of hydrogen-bond acceptors (Lipinski definition) is 6. The maximum Gasteiger partial charge on any atom is 0.165 e. The molecule has 0 saturated carbocycles. The number of aromatic nitrogens is 3. The first-order valence-electron chi connectivity index (χ1n) is 13.0. The fraction of sp³-hybridized carbons (Fsp3) is 0.367. The maximum atomic E-state index is 14.4. The van der Waals surface area contributed by atoms with Crippen molar-refractivity contribution >= 4 is 28.2 Å². The van der Waals surface area contributed by atoms with E-state index >= 15 is 0 Å². The van der Waals surface area contributed by atoms with E-state index in [-0.39, 0.29) is 5.82 Å². The average molecular weight is 499 g/mol. The highest BCUT2D eigenvalue weighted by Gasteiger charge is 2.20. The molecular formula is C30H35FN6. The van der Waals surface area contributed by atoms with E-state index < -0.39 is 6.17 Å². The predicted octanol–water partition coefficient (Wildman–Crippen LogP) is 6.97. The molecule has 0 aliphatic carbocycles. The van der Waals surface area contributed by atoms with Gasteiger partial charge >= 0.3 is 0 Å². The van der Waals surface area contributed by atoms with Crippen molar-refractivity contribution in [2.24, 2.45) is 5.92 Å². The van der Waals surface area contributed by atoms with Crippen LogP contribution >= 0.6 is 0 Å². The Hall–Kier alpha value is -3.58. The number of rotatable bonds is 7. The van der Waals surface area contributed by atoms with Crippen LogP contribution in [0, 0.1) is 19.8 Å². The minimum atomic E-state index is -1.28. The van der Waals surface area contributed by atoms with Crippen molar-refractivity contribution in [1.82, 2.24) is 19.9 Å². The van der Waals surface area contributed by atoms with Gasteiger partial charge in [-0.15, -0.1) is 0 Å². The zero-order valence-corrected chi connectivity index (χ0v) is 22.3. The number of anilines is 3. The van der Waals surface area contributed by atoms with Crippen molar-refractivity contribution in [3.8, 4) is 11.1 Å². The highest BCUT2D eigenvalue weighted by atomic mass is 19.1. The standard InChI is InChI=1S/C30H35FN6/c1-18-12-13-37(16-18)17-22-14-27-28(33-15-22)30(36-29(35-27)21(4)31)34-26-11-7-9-24(20(26)3)23-8-6-10-25(32-5)19(23)2/h6-11,14-15,18,21,32H,12-13,16-17H2,1-5H3,(H,34,35,36).